The van der Waals surface area contributed by atoms with E-state index in [1.165, 1.54) is 0 Å². The standard InChI is InChI=1S/C9H6BrClF3N/c1-5-3-2-4-6(10)7(5)15-8(11)9(12,13)14/h2-4H,1H3. The Kier molecular flexibility index (Phi) is 3.78. The van der Waals surface area contributed by atoms with E-state index in [0.29, 0.717) is 10.0 Å². The van der Waals surface area contributed by atoms with Crippen molar-refractivity contribution in [1.82, 2.24) is 0 Å². The molecule has 0 atom stereocenters. The highest BCUT2D eigenvalue weighted by Crippen LogP contribution is 2.31. The van der Waals surface area contributed by atoms with E-state index >= 15 is 0 Å². The second kappa shape index (κ2) is 4.53. The summed E-state index contributed by atoms with van der Waals surface area (Å²) in [4.78, 5) is 3.34. The lowest BCUT2D eigenvalue weighted by Crippen LogP contribution is -2.16. The maximum absolute atomic E-state index is 12.1. The Bertz CT molecular complexity index is 381. The van der Waals surface area contributed by atoms with Crippen LogP contribution in [-0.2, 0) is 0 Å². The molecule has 82 valence electrons. The van der Waals surface area contributed by atoms with E-state index in [2.05, 4.69) is 20.9 Å². The third kappa shape index (κ3) is 3.21. The van der Waals surface area contributed by atoms with E-state index < -0.39 is 11.3 Å². The molecule has 1 nitrogen and oxygen atoms in total. The van der Waals surface area contributed by atoms with Gasteiger partial charge in [0, 0.05) is 4.47 Å². The lowest BCUT2D eigenvalue weighted by molar-refractivity contribution is -0.0558. The van der Waals surface area contributed by atoms with Crippen LogP contribution in [0.15, 0.2) is 27.7 Å². The Morgan fingerprint density at radius 2 is 2.00 bits per heavy atom. The van der Waals surface area contributed by atoms with Crippen LogP contribution in [0.5, 0.6) is 0 Å². The monoisotopic (exact) mass is 299 g/mol. The van der Waals surface area contributed by atoms with Gasteiger partial charge in [0.2, 0.25) is 5.17 Å². The van der Waals surface area contributed by atoms with Crippen LogP contribution >= 0.6 is 27.5 Å². The van der Waals surface area contributed by atoms with E-state index in [0.717, 1.165) is 0 Å². The molecule has 0 amide bonds. The minimum atomic E-state index is -4.61. The van der Waals surface area contributed by atoms with Crippen LogP contribution in [-0.4, -0.2) is 11.3 Å². The second-order valence-corrected chi connectivity index (χ2v) is 4.02. The van der Waals surface area contributed by atoms with Gasteiger partial charge >= 0.3 is 6.18 Å². The van der Waals surface area contributed by atoms with Crippen molar-refractivity contribution in [2.24, 2.45) is 4.99 Å². The third-order valence-corrected chi connectivity index (χ3v) is 2.57. The van der Waals surface area contributed by atoms with E-state index in [9.17, 15) is 13.2 Å². The van der Waals surface area contributed by atoms with Gasteiger partial charge in [-0.1, -0.05) is 23.7 Å². The van der Waals surface area contributed by atoms with E-state index in [1.54, 1.807) is 25.1 Å². The van der Waals surface area contributed by atoms with Crippen molar-refractivity contribution in [3.8, 4) is 0 Å². The predicted octanol–water partition coefficient (Wildman–Crippen LogP) is 4.59. The molecule has 0 aliphatic rings. The number of aliphatic imine (C=N–C) groups is 1. The average Bonchev–Trinajstić information content (AvgIpc) is 2.09. The van der Waals surface area contributed by atoms with Gasteiger partial charge in [0.25, 0.3) is 0 Å². The number of para-hydroxylation sites is 1. The normalized spacial score (nSPS) is 13.1. The number of halogens is 5. The summed E-state index contributed by atoms with van der Waals surface area (Å²) >= 11 is 8.15. The molecule has 0 bridgehead atoms. The summed E-state index contributed by atoms with van der Waals surface area (Å²) in [7, 11) is 0. The van der Waals surface area contributed by atoms with E-state index in [4.69, 9.17) is 11.6 Å². The summed E-state index contributed by atoms with van der Waals surface area (Å²) in [5, 5.41) is -1.38. The van der Waals surface area contributed by atoms with Crippen molar-refractivity contribution in [2.45, 2.75) is 13.1 Å². The Labute approximate surface area is 98.1 Å². The number of benzene rings is 1. The van der Waals surface area contributed by atoms with Gasteiger partial charge < -0.3 is 0 Å². The minimum absolute atomic E-state index is 0.194. The highest BCUT2D eigenvalue weighted by molar-refractivity contribution is 9.10. The van der Waals surface area contributed by atoms with Gasteiger partial charge in [0.15, 0.2) is 0 Å². The zero-order valence-corrected chi connectivity index (χ0v) is 9.91. The summed E-state index contributed by atoms with van der Waals surface area (Å²) in [6, 6.07) is 4.97. The fraction of sp³-hybridized carbons (Fsp3) is 0.222. The molecule has 1 aromatic rings. The largest absolute Gasteiger partial charge is 0.444 e. The summed E-state index contributed by atoms with van der Waals surface area (Å²) < 4.78 is 36.8. The molecule has 0 heterocycles. The van der Waals surface area contributed by atoms with E-state index in [1.807, 2.05) is 0 Å². The zero-order chi connectivity index (χ0) is 11.6. The molecule has 0 N–H and O–H groups in total. The van der Waals surface area contributed by atoms with Crippen molar-refractivity contribution in [3.05, 3.63) is 28.2 Å². The van der Waals surface area contributed by atoms with Gasteiger partial charge in [-0.3, -0.25) is 0 Å². The van der Waals surface area contributed by atoms with Crippen LogP contribution in [0.4, 0.5) is 18.9 Å². The first-order chi connectivity index (χ1) is 6.82. The number of hydrogen-bond donors (Lipinski definition) is 0. The summed E-state index contributed by atoms with van der Waals surface area (Å²) in [5.74, 6) is 0. The molecule has 15 heavy (non-hydrogen) atoms. The number of hydrogen-bond acceptors (Lipinski definition) is 1. The highest BCUT2D eigenvalue weighted by atomic mass is 79.9. The molecule has 0 fully saturated rings. The number of aryl methyl sites for hydroxylation is 1. The van der Waals surface area contributed by atoms with Gasteiger partial charge in [0.1, 0.15) is 0 Å². The Hall–Kier alpha value is -0.550. The van der Waals surface area contributed by atoms with Gasteiger partial charge in [-0.25, -0.2) is 4.99 Å². The molecule has 0 aliphatic carbocycles. The summed E-state index contributed by atoms with van der Waals surface area (Å²) in [5.41, 5.74) is 0.812. The first kappa shape index (κ1) is 12.5. The lowest BCUT2D eigenvalue weighted by Gasteiger charge is -2.06. The highest BCUT2D eigenvalue weighted by Gasteiger charge is 2.34. The molecule has 1 aromatic carbocycles. The molecule has 6 heteroatoms. The number of alkyl halides is 3. The molecule has 0 radical (unpaired) electrons. The maximum atomic E-state index is 12.1. The van der Waals surface area contributed by atoms with Gasteiger partial charge in [-0.2, -0.15) is 13.2 Å². The van der Waals surface area contributed by atoms with Crippen molar-refractivity contribution in [3.63, 3.8) is 0 Å². The van der Waals surface area contributed by atoms with Gasteiger partial charge in [-0.15, -0.1) is 0 Å². The lowest BCUT2D eigenvalue weighted by atomic mass is 10.2. The molecule has 0 spiro atoms. The average molecular weight is 301 g/mol. The topological polar surface area (TPSA) is 12.4 Å². The fourth-order valence-corrected chi connectivity index (χ4v) is 1.56. The van der Waals surface area contributed by atoms with Crippen LogP contribution in [0.1, 0.15) is 5.56 Å². The molecule has 0 aliphatic heterocycles. The molecular formula is C9H6BrClF3N. The quantitative estimate of drug-likeness (QED) is 0.673. The van der Waals surface area contributed by atoms with E-state index in [-0.39, 0.29) is 5.69 Å². The minimum Gasteiger partial charge on any atom is -0.231 e. The van der Waals surface area contributed by atoms with Crippen LogP contribution < -0.4 is 0 Å². The summed E-state index contributed by atoms with van der Waals surface area (Å²) in [6.07, 6.45) is -4.61. The third-order valence-electron chi connectivity index (χ3n) is 1.63. The Morgan fingerprint density at radius 1 is 1.40 bits per heavy atom. The first-order valence-corrected chi connectivity index (χ1v) is 5.06. The van der Waals surface area contributed by atoms with Crippen LogP contribution in [0, 0.1) is 6.92 Å². The van der Waals surface area contributed by atoms with Gasteiger partial charge in [-0.05, 0) is 34.5 Å². The first-order valence-electron chi connectivity index (χ1n) is 3.89. The zero-order valence-electron chi connectivity index (χ0n) is 7.57. The van der Waals surface area contributed by atoms with Crippen LogP contribution in [0.2, 0.25) is 0 Å². The number of nitrogens with zero attached hydrogens (tertiary/aromatic N) is 1. The molecule has 0 saturated carbocycles. The predicted molar refractivity (Wildman–Crippen MR) is 57.9 cm³/mol. The van der Waals surface area contributed by atoms with Crippen LogP contribution in [0.3, 0.4) is 0 Å². The molecule has 0 saturated heterocycles. The molecule has 0 unspecified atom stereocenters. The Balaban J connectivity index is 3.19. The molecular weight excluding hydrogens is 294 g/mol. The van der Waals surface area contributed by atoms with Crippen molar-refractivity contribution in [1.29, 1.82) is 0 Å². The molecule has 0 aromatic heterocycles. The molecule has 1 rings (SSSR count). The van der Waals surface area contributed by atoms with Crippen molar-refractivity contribution < 1.29 is 13.2 Å². The fourth-order valence-electron chi connectivity index (χ4n) is 0.926. The van der Waals surface area contributed by atoms with Gasteiger partial charge in [0.05, 0.1) is 5.69 Å². The maximum Gasteiger partial charge on any atom is 0.444 e. The summed E-state index contributed by atoms with van der Waals surface area (Å²) in [6.45, 7) is 1.66. The Morgan fingerprint density at radius 3 is 2.47 bits per heavy atom. The van der Waals surface area contributed by atoms with Crippen molar-refractivity contribution in [2.75, 3.05) is 0 Å². The smallest absolute Gasteiger partial charge is 0.231 e. The SMILES string of the molecule is Cc1cccc(Br)c1N=C(Cl)C(F)(F)F. The van der Waals surface area contributed by atoms with Crippen molar-refractivity contribution >= 4 is 38.4 Å². The second-order valence-electron chi connectivity index (χ2n) is 2.81. The van der Waals surface area contributed by atoms with Crippen LogP contribution in [0.25, 0.3) is 0 Å². The number of rotatable bonds is 1.